The van der Waals surface area contributed by atoms with Gasteiger partial charge in [0.05, 0.1) is 11.2 Å². The largest absolute Gasteiger partial charge is 0.248 e. The zero-order chi connectivity index (χ0) is 16.6. The molecular formula is C22H25N. The van der Waals surface area contributed by atoms with E-state index >= 15 is 0 Å². The molecule has 0 radical (unpaired) electrons. The van der Waals surface area contributed by atoms with Gasteiger partial charge >= 0.3 is 0 Å². The lowest BCUT2D eigenvalue weighted by Crippen LogP contribution is -2.09. The van der Waals surface area contributed by atoms with Gasteiger partial charge in [0.25, 0.3) is 0 Å². The van der Waals surface area contributed by atoms with Crippen LogP contribution in [0.25, 0.3) is 22.2 Å². The first kappa shape index (κ1) is 15.7. The molecular weight excluding hydrogens is 278 g/mol. The van der Waals surface area contributed by atoms with Gasteiger partial charge in [-0.05, 0) is 55.5 Å². The van der Waals surface area contributed by atoms with Gasteiger partial charge in [-0.3, -0.25) is 0 Å². The van der Waals surface area contributed by atoms with Gasteiger partial charge in [-0.25, -0.2) is 4.98 Å². The Morgan fingerprint density at radius 2 is 1.57 bits per heavy atom. The van der Waals surface area contributed by atoms with Crippen LogP contribution in [0.15, 0.2) is 48.5 Å². The summed E-state index contributed by atoms with van der Waals surface area (Å²) in [7, 11) is 0. The Hall–Kier alpha value is -2.15. The Kier molecular flexibility index (Phi) is 3.97. The summed E-state index contributed by atoms with van der Waals surface area (Å²) in [6, 6.07) is 17.5. The first-order valence-corrected chi connectivity index (χ1v) is 8.29. The van der Waals surface area contributed by atoms with Crippen LogP contribution in [0.4, 0.5) is 0 Å². The first-order valence-electron chi connectivity index (χ1n) is 8.29. The predicted molar refractivity (Wildman–Crippen MR) is 99.8 cm³/mol. The molecule has 0 fully saturated rings. The molecule has 3 rings (SSSR count). The molecule has 0 aliphatic heterocycles. The highest BCUT2D eigenvalue weighted by atomic mass is 14.7. The number of aryl methyl sites for hydroxylation is 2. The number of pyridine rings is 1. The van der Waals surface area contributed by atoms with E-state index in [9.17, 15) is 0 Å². The van der Waals surface area contributed by atoms with Crippen LogP contribution in [0.3, 0.4) is 0 Å². The number of hydrogen-bond acceptors (Lipinski definition) is 1. The fourth-order valence-electron chi connectivity index (χ4n) is 3.23. The van der Waals surface area contributed by atoms with E-state index in [0.29, 0.717) is 0 Å². The molecule has 0 N–H and O–H groups in total. The van der Waals surface area contributed by atoms with E-state index in [4.69, 9.17) is 4.98 Å². The molecule has 1 heterocycles. The van der Waals surface area contributed by atoms with Gasteiger partial charge in [0.15, 0.2) is 0 Å². The van der Waals surface area contributed by atoms with Crippen molar-refractivity contribution in [3.63, 3.8) is 0 Å². The van der Waals surface area contributed by atoms with Crippen LogP contribution >= 0.6 is 0 Å². The van der Waals surface area contributed by atoms with Crippen molar-refractivity contribution in [1.29, 1.82) is 0 Å². The van der Waals surface area contributed by atoms with Gasteiger partial charge in [0.2, 0.25) is 0 Å². The van der Waals surface area contributed by atoms with Crippen molar-refractivity contribution >= 4 is 10.9 Å². The minimum atomic E-state index is 0.278. The van der Waals surface area contributed by atoms with Crippen LogP contribution in [-0.2, 0) is 6.42 Å². The summed E-state index contributed by atoms with van der Waals surface area (Å²) < 4.78 is 0. The van der Waals surface area contributed by atoms with Crippen molar-refractivity contribution in [3.8, 4) is 11.3 Å². The third-order valence-corrected chi connectivity index (χ3v) is 4.06. The maximum atomic E-state index is 4.92. The maximum Gasteiger partial charge on any atom is 0.0712 e. The van der Waals surface area contributed by atoms with E-state index in [2.05, 4.69) is 83.1 Å². The molecule has 0 atom stereocenters. The van der Waals surface area contributed by atoms with Crippen LogP contribution in [0.2, 0.25) is 0 Å². The molecule has 2 aromatic carbocycles. The zero-order valence-corrected chi connectivity index (χ0v) is 14.8. The van der Waals surface area contributed by atoms with Gasteiger partial charge < -0.3 is 0 Å². The molecule has 1 aromatic heterocycles. The topological polar surface area (TPSA) is 12.9 Å². The lowest BCUT2D eigenvalue weighted by atomic mass is 9.86. The molecule has 0 amide bonds. The minimum Gasteiger partial charge on any atom is -0.248 e. The monoisotopic (exact) mass is 303 g/mol. The summed E-state index contributed by atoms with van der Waals surface area (Å²) in [5.74, 6) is 0. The average molecular weight is 303 g/mol. The Labute approximate surface area is 139 Å². The molecule has 1 heteroatoms. The standard InChI is InChI=1S/C22H25N/c1-15-11-16(2)13-18(12-15)20-10-9-19-17(14-22(3,4)5)7-6-8-21(19)23-20/h6-13H,14H2,1-5H3. The highest BCUT2D eigenvalue weighted by Gasteiger charge is 2.14. The Morgan fingerprint density at radius 1 is 0.870 bits per heavy atom. The van der Waals surface area contributed by atoms with Gasteiger partial charge in [0.1, 0.15) is 0 Å². The van der Waals surface area contributed by atoms with E-state index in [-0.39, 0.29) is 5.41 Å². The molecule has 1 nitrogen and oxygen atoms in total. The normalized spacial score (nSPS) is 11.9. The lowest BCUT2D eigenvalue weighted by Gasteiger charge is -2.19. The first-order chi connectivity index (χ1) is 10.8. The highest BCUT2D eigenvalue weighted by molar-refractivity contribution is 5.84. The maximum absolute atomic E-state index is 4.92. The zero-order valence-electron chi connectivity index (χ0n) is 14.8. The van der Waals surface area contributed by atoms with Crippen LogP contribution in [0.1, 0.15) is 37.5 Å². The summed E-state index contributed by atoms with van der Waals surface area (Å²) in [5.41, 5.74) is 7.56. The lowest BCUT2D eigenvalue weighted by molar-refractivity contribution is 0.412. The molecule has 0 aliphatic carbocycles. The summed E-state index contributed by atoms with van der Waals surface area (Å²) in [6.07, 6.45) is 1.06. The summed E-state index contributed by atoms with van der Waals surface area (Å²) in [4.78, 5) is 4.92. The third kappa shape index (κ3) is 3.61. The molecule has 0 aliphatic rings. The molecule has 0 bridgehead atoms. The van der Waals surface area contributed by atoms with Gasteiger partial charge in [-0.1, -0.05) is 56.2 Å². The number of benzene rings is 2. The van der Waals surface area contributed by atoms with Crippen LogP contribution in [0.5, 0.6) is 0 Å². The molecule has 3 aromatic rings. The number of hydrogen-bond donors (Lipinski definition) is 0. The van der Waals surface area contributed by atoms with Crippen molar-refractivity contribution in [2.75, 3.05) is 0 Å². The Balaban J connectivity index is 2.09. The predicted octanol–water partition coefficient (Wildman–Crippen LogP) is 6.11. The van der Waals surface area contributed by atoms with Gasteiger partial charge in [-0.15, -0.1) is 0 Å². The number of fused-ring (bicyclic) bond motifs is 1. The van der Waals surface area contributed by atoms with E-state index in [1.807, 2.05) is 0 Å². The Morgan fingerprint density at radius 3 is 2.22 bits per heavy atom. The summed E-state index contributed by atoms with van der Waals surface area (Å²) in [6.45, 7) is 11.1. The molecule has 0 unspecified atom stereocenters. The number of nitrogens with zero attached hydrogens (tertiary/aromatic N) is 1. The third-order valence-electron chi connectivity index (χ3n) is 4.06. The van der Waals surface area contributed by atoms with Crippen molar-refractivity contribution < 1.29 is 0 Å². The van der Waals surface area contributed by atoms with E-state index in [1.54, 1.807) is 0 Å². The second-order valence-corrected chi connectivity index (χ2v) is 7.79. The van der Waals surface area contributed by atoms with Crippen LogP contribution in [-0.4, -0.2) is 4.98 Å². The highest BCUT2D eigenvalue weighted by Crippen LogP contribution is 2.28. The summed E-state index contributed by atoms with van der Waals surface area (Å²) >= 11 is 0. The number of aromatic nitrogens is 1. The average Bonchev–Trinajstić information content (AvgIpc) is 2.44. The van der Waals surface area contributed by atoms with Crippen molar-refractivity contribution in [2.45, 2.75) is 41.0 Å². The Bertz CT molecular complexity index is 833. The quantitative estimate of drug-likeness (QED) is 0.557. The second-order valence-electron chi connectivity index (χ2n) is 7.79. The van der Waals surface area contributed by atoms with Crippen molar-refractivity contribution in [3.05, 3.63) is 65.2 Å². The van der Waals surface area contributed by atoms with Crippen molar-refractivity contribution in [1.82, 2.24) is 4.98 Å². The fraction of sp³-hybridized carbons (Fsp3) is 0.318. The van der Waals surface area contributed by atoms with E-state index < -0.39 is 0 Å². The van der Waals surface area contributed by atoms with Crippen LogP contribution < -0.4 is 0 Å². The molecule has 0 saturated heterocycles. The smallest absolute Gasteiger partial charge is 0.0712 e. The summed E-state index contributed by atoms with van der Waals surface area (Å²) in [5, 5.41) is 1.27. The molecule has 118 valence electrons. The fourth-order valence-corrected chi connectivity index (χ4v) is 3.23. The molecule has 23 heavy (non-hydrogen) atoms. The second kappa shape index (κ2) is 5.81. The van der Waals surface area contributed by atoms with E-state index in [0.717, 1.165) is 17.6 Å². The molecule has 0 saturated carbocycles. The SMILES string of the molecule is Cc1cc(C)cc(-c2ccc3c(CC(C)(C)C)cccc3n2)c1. The van der Waals surface area contributed by atoms with Gasteiger partial charge in [-0.2, -0.15) is 0 Å². The van der Waals surface area contributed by atoms with Crippen LogP contribution in [0, 0.1) is 19.3 Å². The van der Waals surface area contributed by atoms with Crippen molar-refractivity contribution in [2.24, 2.45) is 5.41 Å². The van der Waals surface area contributed by atoms with Gasteiger partial charge in [0, 0.05) is 10.9 Å². The van der Waals surface area contributed by atoms with E-state index in [1.165, 1.54) is 27.6 Å². The minimum absolute atomic E-state index is 0.278. The number of rotatable bonds is 2. The molecule has 0 spiro atoms.